The summed E-state index contributed by atoms with van der Waals surface area (Å²) in [6.45, 7) is 6.05. The molecule has 0 fully saturated rings. The van der Waals surface area contributed by atoms with Crippen molar-refractivity contribution in [3.05, 3.63) is 81.8 Å². The van der Waals surface area contributed by atoms with E-state index in [1.807, 2.05) is 37.9 Å². The molecule has 0 spiro atoms. The van der Waals surface area contributed by atoms with Crippen LogP contribution < -0.4 is 0 Å². The van der Waals surface area contributed by atoms with Gasteiger partial charge >= 0.3 is 0 Å². The van der Waals surface area contributed by atoms with Crippen LogP contribution in [0.25, 0.3) is 0 Å². The molecule has 0 heterocycles. The second-order valence-corrected chi connectivity index (χ2v) is 14.1. The normalized spacial score (nSPS) is 25.6. The molecule has 0 saturated heterocycles. The maximum absolute atomic E-state index is 14.1. The minimum atomic E-state index is -2.15. The highest BCUT2D eigenvalue weighted by atomic mass is 79.9. The van der Waals surface area contributed by atoms with Crippen LogP contribution in [0.4, 0.5) is 0 Å². The second kappa shape index (κ2) is 7.52. The predicted molar refractivity (Wildman–Crippen MR) is 121 cm³/mol. The average molecular weight is 483 g/mol. The molecule has 2 aromatic rings. The first-order valence-electron chi connectivity index (χ1n) is 10.00. The fraction of sp³-hybridized carbons (Fsp3) is 0.292. The van der Waals surface area contributed by atoms with Gasteiger partial charge in [-0.05, 0) is 32.1 Å². The van der Waals surface area contributed by atoms with Gasteiger partial charge in [0.15, 0.2) is 25.7 Å². The number of halogens is 1. The molecule has 0 unspecified atom stereocenters. The number of allylic oxidation sites excluding steroid dienone is 1. The number of carbonyl (C=O) groups excluding carboxylic acids is 3. The molecule has 2 aliphatic carbocycles. The molecule has 0 amide bonds. The van der Waals surface area contributed by atoms with Crippen molar-refractivity contribution in [2.45, 2.75) is 32.2 Å². The Labute approximate surface area is 185 Å². The fourth-order valence-corrected chi connectivity index (χ4v) is 6.04. The summed E-state index contributed by atoms with van der Waals surface area (Å²) in [7, 11) is -2.15. The van der Waals surface area contributed by atoms with Crippen molar-refractivity contribution in [3.8, 4) is 0 Å². The van der Waals surface area contributed by atoms with Gasteiger partial charge in [0.1, 0.15) is 5.41 Å². The Morgan fingerprint density at radius 3 is 2.33 bits per heavy atom. The number of ketones is 3. The molecule has 0 aromatic heterocycles. The van der Waals surface area contributed by atoms with Gasteiger partial charge in [-0.3, -0.25) is 14.4 Å². The van der Waals surface area contributed by atoms with Gasteiger partial charge in [-0.25, -0.2) is 0 Å². The van der Waals surface area contributed by atoms with E-state index in [-0.39, 0.29) is 17.3 Å². The van der Waals surface area contributed by atoms with E-state index < -0.39 is 25.8 Å². The molecule has 4 nitrogen and oxygen atoms in total. The van der Waals surface area contributed by atoms with Crippen molar-refractivity contribution in [2.24, 2.45) is 11.3 Å². The van der Waals surface area contributed by atoms with Gasteiger partial charge in [-0.15, -0.1) is 0 Å². The molecular formula is C24H23BrO4Si. The third kappa shape index (κ3) is 3.18. The summed E-state index contributed by atoms with van der Waals surface area (Å²) < 4.78 is 7.01. The zero-order chi connectivity index (χ0) is 21.7. The third-order valence-electron chi connectivity index (χ3n) is 5.79. The first-order valence-corrected chi connectivity index (χ1v) is 14.2. The third-order valence-corrected chi connectivity index (χ3v) is 7.44. The van der Waals surface area contributed by atoms with Gasteiger partial charge < -0.3 is 4.43 Å². The number of hydrogen-bond acceptors (Lipinski definition) is 4. The standard InChI is InChI=1S/C24H23BrO4Si/c1-30(2,3)29-20-14-8-12-18-21(26)15-9-4-5-10-16(15)22(27)24(18,20)23(28)17-11-6-7-13-19(17)25/h4-11,13-14,18,20H,12H2,1-3H3/t18-,20-,24-/m0/s1. The summed E-state index contributed by atoms with van der Waals surface area (Å²) >= 11 is 3.46. The van der Waals surface area contributed by atoms with Gasteiger partial charge in [0, 0.05) is 27.1 Å². The van der Waals surface area contributed by atoms with Crippen LogP contribution in [0, 0.1) is 11.3 Å². The molecule has 0 saturated carbocycles. The van der Waals surface area contributed by atoms with Crippen molar-refractivity contribution in [1.82, 2.24) is 0 Å². The van der Waals surface area contributed by atoms with Crippen molar-refractivity contribution >= 4 is 41.6 Å². The number of Topliss-reactive ketones (excluding diaryl/α,β-unsaturated/α-hetero) is 3. The Balaban J connectivity index is 2.01. The molecule has 3 atom stereocenters. The Hall–Kier alpha value is -2.15. The molecule has 0 N–H and O–H groups in total. The van der Waals surface area contributed by atoms with E-state index in [4.69, 9.17) is 4.43 Å². The predicted octanol–water partition coefficient (Wildman–Crippen LogP) is 5.49. The lowest BCUT2D eigenvalue weighted by atomic mass is 9.54. The zero-order valence-corrected chi connectivity index (χ0v) is 19.7. The Morgan fingerprint density at radius 1 is 1.03 bits per heavy atom. The van der Waals surface area contributed by atoms with E-state index in [1.54, 1.807) is 42.5 Å². The van der Waals surface area contributed by atoms with Gasteiger partial charge in [0.25, 0.3) is 0 Å². The molecular weight excluding hydrogens is 460 g/mol. The van der Waals surface area contributed by atoms with E-state index in [0.29, 0.717) is 27.6 Å². The largest absolute Gasteiger partial charge is 0.410 e. The van der Waals surface area contributed by atoms with Gasteiger partial charge in [0.2, 0.25) is 0 Å². The highest BCUT2D eigenvalue weighted by molar-refractivity contribution is 9.10. The summed E-state index contributed by atoms with van der Waals surface area (Å²) in [6, 6.07) is 13.8. The first kappa shape index (κ1) is 21.1. The van der Waals surface area contributed by atoms with Crippen LogP contribution in [-0.4, -0.2) is 31.8 Å². The van der Waals surface area contributed by atoms with Crippen LogP contribution in [0.2, 0.25) is 19.6 Å². The maximum atomic E-state index is 14.1. The average Bonchev–Trinajstić information content (AvgIpc) is 2.71. The summed E-state index contributed by atoms with van der Waals surface area (Å²) in [5, 5.41) is 0. The van der Waals surface area contributed by atoms with E-state index in [9.17, 15) is 14.4 Å². The van der Waals surface area contributed by atoms with Crippen LogP contribution in [0.3, 0.4) is 0 Å². The van der Waals surface area contributed by atoms with E-state index in [0.717, 1.165) is 0 Å². The van der Waals surface area contributed by atoms with Gasteiger partial charge in [0.05, 0.1) is 6.10 Å². The fourth-order valence-electron chi connectivity index (χ4n) is 4.55. The first-order chi connectivity index (χ1) is 14.2. The molecule has 154 valence electrons. The van der Waals surface area contributed by atoms with Crippen molar-refractivity contribution in [3.63, 3.8) is 0 Å². The highest BCUT2D eigenvalue weighted by Gasteiger charge is 2.63. The second-order valence-electron chi connectivity index (χ2n) is 8.78. The number of carbonyl (C=O) groups is 3. The van der Waals surface area contributed by atoms with E-state index in [2.05, 4.69) is 15.9 Å². The smallest absolute Gasteiger partial charge is 0.184 e. The van der Waals surface area contributed by atoms with E-state index in [1.165, 1.54) is 0 Å². The Kier molecular flexibility index (Phi) is 5.29. The Bertz CT molecular complexity index is 1080. The van der Waals surface area contributed by atoms with Gasteiger partial charge in [-0.1, -0.05) is 70.5 Å². The van der Waals surface area contributed by atoms with Crippen LogP contribution >= 0.6 is 15.9 Å². The lowest BCUT2D eigenvalue weighted by molar-refractivity contribution is 0.0169. The summed E-state index contributed by atoms with van der Waals surface area (Å²) in [5.41, 5.74) is -0.518. The highest BCUT2D eigenvalue weighted by Crippen LogP contribution is 2.51. The molecule has 6 heteroatoms. The zero-order valence-electron chi connectivity index (χ0n) is 17.1. The van der Waals surface area contributed by atoms with Crippen molar-refractivity contribution in [2.75, 3.05) is 0 Å². The number of benzene rings is 2. The molecule has 0 aliphatic heterocycles. The topological polar surface area (TPSA) is 60.4 Å². The number of hydrogen-bond donors (Lipinski definition) is 0. The van der Waals surface area contributed by atoms with E-state index >= 15 is 0 Å². The molecule has 0 bridgehead atoms. The summed E-state index contributed by atoms with van der Waals surface area (Å²) in [4.78, 5) is 41.7. The molecule has 0 radical (unpaired) electrons. The monoisotopic (exact) mass is 482 g/mol. The van der Waals surface area contributed by atoms with Crippen LogP contribution in [0.5, 0.6) is 0 Å². The van der Waals surface area contributed by atoms with Crippen LogP contribution in [0.15, 0.2) is 65.2 Å². The van der Waals surface area contributed by atoms with Crippen LogP contribution in [-0.2, 0) is 4.43 Å². The number of rotatable bonds is 4. The summed E-state index contributed by atoms with van der Waals surface area (Å²) in [6.07, 6.45) is 3.23. The molecule has 2 aliphatic rings. The van der Waals surface area contributed by atoms with Crippen LogP contribution in [0.1, 0.15) is 37.5 Å². The molecule has 30 heavy (non-hydrogen) atoms. The molecule has 4 rings (SSSR count). The lowest BCUT2D eigenvalue weighted by Gasteiger charge is -2.48. The maximum Gasteiger partial charge on any atom is 0.184 e. The van der Waals surface area contributed by atoms with Gasteiger partial charge in [-0.2, -0.15) is 0 Å². The Morgan fingerprint density at radius 2 is 1.67 bits per heavy atom. The SMILES string of the molecule is C[Si](C)(C)O[C@H]1C=CC[C@H]2C(=O)c3ccccc3C(=O)[C@@]12C(=O)c1ccccc1Br. The quantitative estimate of drug-likeness (QED) is 0.250. The minimum absolute atomic E-state index is 0.167. The number of fused-ring (bicyclic) bond motifs is 2. The van der Waals surface area contributed by atoms with Crippen molar-refractivity contribution < 1.29 is 18.8 Å². The molecule has 2 aromatic carbocycles. The lowest BCUT2D eigenvalue weighted by Crippen LogP contribution is -2.61. The summed E-state index contributed by atoms with van der Waals surface area (Å²) in [5.74, 6) is -1.64. The minimum Gasteiger partial charge on any atom is -0.410 e. The van der Waals surface area contributed by atoms with Crippen molar-refractivity contribution in [1.29, 1.82) is 0 Å².